The molecule has 0 bridgehead atoms. The van der Waals surface area contributed by atoms with E-state index >= 15 is 0 Å². The Labute approximate surface area is 133 Å². The number of halogens is 1. The lowest BCUT2D eigenvalue weighted by atomic mass is 9.75. The molecule has 0 spiro atoms. The highest BCUT2D eigenvalue weighted by Gasteiger charge is 2.41. The number of nitrogens with one attached hydrogen (secondary N) is 1. The van der Waals surface area contributed by atoms with Crippen molar-refractivity contribution in [2.75, 3.05) is 7.05 Å². The molecule has 2 unspecified atom stereocenters. The van der Waals surface area contributed by atoms with Gasteiger partial charge in [-0.05, 0) is 43.4 Å². The Kier molecular flexibility index (Phi) is 5.01. The average molecular weight is 330 g/mol. The van der Waals surface area contributed by atoms with Gasteiger partial charge in [-0.2, -0.15) is 0 Å². The highest BCUT2D eigenvalue weighted by Crippen LogP contribution is 2.39. The Balaban J connectivity index is 2.26. The van der Waals surface area contributed by atoms with Crippen LogP contribution < -0.4 is 5.32 Å². The Morgan fingerprint density at radius 1 is 1.33 bits per heavy atom. The van der Waals surface area contributed by atoms with E-state index in [0.717, 1.165) is 12.8 Å². The molecule has 21 heavy (non-hydrogen) atoms. The molecule has 0 radical (unpaired) electrons. The maximum atomic E-state index is 12.9. The Morgan fingerprint density at radius 2 is 2.00 bits per heavy atom. The molecule has 0 saturated heterocycles. The largest absolute Gasteiger partial charge is 0.316 e. The summed E-state index contributed by atoms with van der Waals surface area (Å²) in [6, 6.07) is 7.22. The molecule has 2 rings (SSSR count). The predicted molar refractivity (Wildman–Crippen MR) is 88.3 cm³/mol. The van der Waals surface area contributed by atoms with E-state index in [9.17, 15) is 8.42 Å². The van der Waals surface area contributed by atoms with Crippen LogP contribution in [-0.4, -0.2) is 26.8 Å². The van der Waals surface area contributed by atoms with Gasteiger partial charge in [0.25, 0.3) is 0 Å². The fourth-order valence-corrected chi connectivity index (χ4v) is 5.83. The van der Waals surface area contributed by atoms with Crippen molar-refractivity contribution in [3.63, 3.8) is 0 Å². The summed E-state index contributed by atoms with van der Waals surface area (Å²) < 4.78 is 25.7. The minimum atomic E-state index is -3.24. The Hall–Kier alpha value is -0.580. The molecule has 1 fully saturated rings. The fraction of sp³-hybridized carbons (Fsp3) is 0.625. The van der Waals surface area contributed by atoms with Crippen molar-refractivity contribution < 1.29 is 8.42 Å². The monoisotopic (exact) mass is 329 g/mol. The van der Waals surface area contributed by atoms with Crippen LogP contribution in [0.4, 0.5) is 0 Å². The molecule has 0 aromatic heterocycles. The molecule has 0 aliphatic heterocycles. The Bertz CT molecular complexity index is 598. The van der Waals surface area contributed by atoms with Crippen molar-refractivity contribution >= 4 is 21.4 Å². The molecule has 5 heteroatoms. The van der Waals surface area contributed by atoms with Gasteiger partial charge < -0.3 is 5.32 Å². The second kappa shape index (κ2) is 6.27. The van der Waals surface area contributed by atoms with Gasteiger partial charge in [-0.15, -0.1) is 0 Å². The molecule has 0 amide bonds. The number of rotatable bonds is 4. The highest BCUT2D eigenvalue weighted by molar-refractivity contribution is 7.91. The summed E-state index contributed by atoms with van der Waals surface area (Å²) in [7, 11) is -1.39. The van der Waals surface area contributed by atoms with Gasteiger partial charge in [0.1, 0.15) is 0 Å². The number of hydrogen-bond donors (Lipinski definition) is 1. The van der Waals surface area contributed by atoms with Crippen LogP contribution in [0.2, 0.25) is 5.02 Å². The molecule has 1 aromatic carbocycles. The summed E-state index contributed by atoms with van der Waals surface area (Å²) in [5.41, 5.74) is 0.767. The zero-order valence-electron chi connectivity index (χ0n) is 12.9. The van der Waals surface area contributed by atoms with Gasteiger partial charge in [0.15, 0.2) is 9.84 Å². The van der Waals surface area contributed by atoms with Crippen molar-refractivity contribution in [1.82, 2.24) is 5.32 Å². The van der Waals surface area contributed by atoms with Crippen LogP contribution in [0, 0.1) is 5.41 Å². The smallest absolute Gasteiger partial charge is 0.158 e. The molecule has 1 saturated carbocycles. The number of hydrogen-bond acceptors (Lipinski definition) is 3. The summed E-state index contributed by atoms with van der Waals surface area (Å²) in [4.78, 5) is 0. The average Bonchev–Trinajstić information content (AvgIpc) is 2.40. The van der Waals surface area contributed by atoms with Gasteiger partial charge in [-0.25, -0.2) is 8.42 Å². The van der Waals surface area contributed by atoms with Gasteiger partial charge in [0, 0.05) is 11.1 Å². The van der Waals surface area contributed by atoms with Crippen molar-refractivity contribution in [3.05, 3.63) is 34.9 Å². The second-order valence-electron chi connectivity index (χ2n) is 6.74. The highest BCUT2D eigenvalue weighted by atomic mass is 35.5. The zero-order chi connectivity index (χ0) is 15.7. The van der Waals surface area contributed by atoms with Crippen LogP contribution in [0.15, 0.2) is 24.3 Å². The third-order valence-corrected chi connectivity index (χ3v) is 6.98. The molecular formula is C16H24ClNO2S. The number of sulfone groups is 1. The minimum Gasteiger partial charge on any atom is -0.316 e. The lowest BCUT2D eigenvalue weighted by Gasteiger charge is -2.40. The van der Waals surface area contributed by atoms with E-state index in [0.29, 0.717) is 17.0 Å². The summed E-state index contributed by atoms with van der Waals surface area (Å²) in [6.07, 6.45) is 2.65. The van der Waals surface area contributed by atoms with E-state index in [1.165, 1.54) is 0 Å². The molecule has 1 aliphatic rings. The lowest BCUT2D eigenvalue weighted by molar-refractivity contribution is 0.213. The maximum Gasteiger partial charge on any atom is 0.158 e. The van der Waals surface area contributed by atoms with Gasteiger partial charge in [-0.3, -0.25) is 0 Å². The van der Waals surface area contributed by atoms with Crippen LogP contribution >= 0.6 is 11.6 Å². The summed E-state index contributed by atoms with van der Waals surface area (Å²) in [6.45, 7) is 4.30. The minimum absolute atomic E-state index is 0.0194. The summed E-state index contributed by atoms with van der Waals surface area (Å²) in [5, 5.41) is 3.37. The normalized spacial score (nSPS) is 25.7. The SMILES string of the molecule is CNC1CCC(C)(C)CC1S(=O)(=O)Cc1ccccc1Cl. The summed E-state index contributed by atoms with van der Waals surface area (Å²) in [5.74, 6) is 0.0194. The first kappa shape index (κ1) is 16.8. The van der Waals surface area contributed by atoms with Crippen LogP contribution in [-0.2, 0) is 15.6 Å². The first-order valence-corrected chi connectivity index (χ1v) is 9.47. The van der Waals surface area contributed by atoms with E-state index in [1.807, 2.05) is 19.2 Å². The van der Waals surface area contributed by atoms with Crippen molar-refractivity contribution in [1.29, 1.82) is 0 Å². The quantitative estimate of drug-likeness (QED) is 0.920. The molecular weight excluding hydrogens is 306 g/mol. The molecule has 1 N–H and O–H groups in total. The molecule has 118 valence electrons. The van der Waals surface area contributed by atoms with E-state index < -0.39 is 9.84 Å². The molecule has 1 aliphatic carbocycles. The lowest BCUT2D eigenvalue weighted by Crippen LogP contribution is -2.49. The third kappa shape index (κ3) is 3.99. The first-order valence-electron chi connectivity index (χ1n) is 7.37. The van der Waals surface area contributed by atoms with Crippen LogP contribution in [0.3, 0.4) is 0 Å². The van der Waals surface area contributed by atoms with E-state index in [-0.39, 0.29) is 22.5 Å². The van der Waals surface area contributed by atoms with Gasteiger partial charge in [0.05, 0.1) is 11.0 Å². The predicted octanol–water partition coefficient (Wildman–Crippen LogP) is 3.42. The van der Waals surface area contributed by atoms with Crippen LogP contribution in [0.25, 0.3) is 0 Å². The number of benzene rings is 1. The van der Waals surface area contributed by atoms with E-state index in [4.69, 9.17) is 11.6 Å². The molecule has 0 heterocycles. The molecule has 2 atom stereocenters. The van der Waals surface area contributed by atoms with E-state index in [1.54, 1.807) is 12.1 Å². The van der Waals surface area contributed by atoms with Crippen molar-refractivity contribution in [3.8, 4) is 0 Å². The fourth-order valence-electron chi connectivity index (χ4n) is 3.17. The van der Waals surface area contributed by atoms with Gasteiger partial charge in [0.2, 0.25) is 0 Å². The Morgan fingerprint density at radius 3 is 2.62 bits per heavy atom. The van der Waals surface area contributed by atoms with Crippen LogP contribution in [0.5, 0.6) is 0 Å². The van der Waals surface area contributed by atoms with Gasteiger partial charge in [-0.1, -0.05) is 43.6 Å². The first-order chi connectivity index (χ1) is 9.75. The standard InChI is InChI=1S/C16H24ClNO2S/c1-16(2)9-8-14(18-3)15(10-16)21(19,20)11-12-6-4-5-7-13(12)17/h4-7,14-15,18H,8-11H2,1-3H3. The zero-order valence-corrected chi connectivity index (χ0v) is 14.5. The third-order valence-electron chi connectivity index (χ3n) is 4.48. The summed E-state index contributed by atoms with van der Waals surface area (Å²) >= 11 is 6.12. The second-order valence-corrected chi connectivity index (χ2v) is 9.37. The molecule has 1 aromatic rings. The topological polar surface area (TPSA) is 46.2 Å². The van der Waals surface area contributed by atoms with Crippen molar-refractivity contribution in [2.45, 2.75) is 50.2 Å². The van der Waals surface area contributed by atoms with Crippen molar-refractivity contribution in [2.24, 2.45) is 5.41 Å². The van der Waals surface area contributed by atoms with Gasteiger partial charge >= 0.3 is 0 Å². The maximum absolute atomic E-state index is 12.9. The van der Waals surface area contributed by atoms with Crippen LogP contribution in [0.1, 0.15) is 38.7 Å². The van der Waals surface area contributed by atoms with E-state index in [2.05, 4.69) is 19.2 Å². The molecule has 3 nitrogen and oxygen atoms in total.